The van der Waals surface area contributed by atoms with Gasteiger partial charge in [-0.05, 0) is 29.8 Å². The number of carbonyl (C=O) groups is 1. The molecule has 0 amide bonds. The fourth-order valence-electron chi connectivity index (χ4n) is 1.90. The Balaban J connectivity index is 2.08. The largest absolute Gasteiger partial charge is 0.497 e. The SMILES string of the molecule is CCC(=O)c1ccccc1OCc1ccc(OC)cc1. The lowest BCUT2D eigenvalue weighted by Crippen LogP contribution is -2.03. The van der Waals surface area contributed by atoms with Crippen molar-refractivity contribution >= 4 is 5.78 Å². The minimum atomic E-state index is 0.0929. The van der Waals surface area contributed by atoms with Gasteiger partial charge in [0.15, 0.2) is 5.78 Å². The number of hydrogen-bond donors (Lipinski definition) is 0. The van der Waals surface area contributed by atoms with Crippen LogP contribution in [0.5, 0.6) is 11.5 Å². The van der Waals surface area contributed by atoms with Crippen molar-refractivity contribution in [2.45, 2.75) is 20.0 Å². The van der Waals surface area contributed by atoms with E-state index in [2.05, 4.69) is 0 Å². The van der Waals surface area contributed by atoms with E-state index < -0.39 is 0 Å². The van der Waals surface area contributed by atoms with Crippen LogP contribution in [-0.2, 0) is 6.61 Å². The van der Waals surface area contributed by atoms with Gasteiger partial charge >= 0.3 is 0 Å². The second kappa shape index (κ2) is 6.75. The average Bonchev–Trinajstić information content (AvgIpc) is 2.53. The molecule has 0 saturated heterocycles. The predicted molar refractivity (Wildman–Crippen MR) is 78.4 cm³/mol. The van der Waals surface area contributed by atoms with Crippen molar-refractivity contribution in [3.05, 3.63) is 59.7 Å². The van der Waals surface area contributed by atoms with Crippen molar-refractivity contribution < 1.29 is 14.3 Å². The fraction of sp³-hybridized carbons (Fsp3) is 0.235. The number of benzene rings is 2. The second-order valence-electron chi connectivity index (χ2n) is 4.41. The number of ether oxygens (including phenoxy) is 2. The number of para-hydroxylation sites is 1. The first-order valence-electron chi connectivity index (χ1n) is 6.62. The van der Waals surface area contributed by atoms with Gasteiger partial charge in [0, 0.05) is 6.42 Å². The molecule has 0 spiro atoms. The summed E-state index contributed by atoms with van der Waals surface area (Å²) in [6.45, 7) is 2.28. The molecule has 0 N–H and O–H groups in total. The minimum absolute atomic E-state index is 0.0929. The number of carbonyl (C=O) groups excluding carboxylic acids is 1. The molecule has 0 fully saturated rings. The van der Waals surface area contributed by atoms with Crippen molar-refractivity contribution in [1.29, 1.82) is 0 Å². The Hall–Kier alpha value is -2.29. The molecule has 2 aromatic carbocycles. The first kappa shape index (κ1) is 14.1. The van der Waals surface area contributed by atoms with Gasteiger partial charge in [-0.15, -0.1) is 0 Å². The van der Waals surface area contributed by atoms with Crippen LogP contribution in [0.2, 0.25) is 0 Å². The van der Waals surface area contributed by atoms with Crippen LogP contribution < -0.4 is 9.47 Å². The first-order chi connectivity index (χ1) is 9.74. The van der Waals surface area contributed by atoms with Crippen LogP contribution in [0, 0.1) is 0 Å². The summed E-state index contributed by atoms with van der Waals surface area (Å²) in [6, 6.07) is 15.0. The number of hydrogen-bond acceptors (Lipinski definition) is 3. The topological polar surface area (TPSA) is 35.5 Å². The van der Waals surface area contributed by atoms with E-state index in [9.17, 15) is 4.79 Å². The Morgan fingerprint density at radius 1 is 1.05 bits per heavy atom. The molecule has 2 aromatic rings. The zero-order valence-electron chi connectivity index (χ0n) is 11.8. The van der Waals surface area contributed by atoms with Gasteiger partial charge < -0.3 is 9.47 Å². The summed E-state index contributed by atoms with van der Waals surface area (Å²) in [5, 5.41) is 0. The zero-order chi connectivity index (χ0) is 14.4. The zero-order valence-corrected chi connectivity index (χ0v) is 11.8. The molecule has 0 aliphatic heterocycles. The number of rotatable bonds is 6. The Kier molecular flexibility index (Phi) is 4.77. The highest BCUT2D eigenvalue weighted by Crippen LogP contribution is 2.21. The van der Waals surface area contributed by atoms with Gasteiger partial charge in [0.25, 0.3) is 0 Å². The monoisotopic (exact) mass is 270 g/mol. The van der Waals surface area contributed by atoms with E-state index in [1.807, 2.05) is 49.4 Å². The van der Waals surface area contributed by atoms with Crippen LogP contribution in [-0.4, -0.2) is 12.9 Å². The maximum Gasteiger partial charge on any atom is 0.166 e. The third-order valence-corrected chi connectivity index (χ3v) is 3.06. The smallest absolute Gasteiger partial charge is 0.166 e. The molecule has 0 heterocycles. The van der Waals surface area contributed by atoms with Gasteiger partial charge in [0.05, 0.1) is 12.7 Å². The summed E-state index contributed by atoms with van der Waals surface area (Å²) in [7, 11) is 1.64. The Morgan fingerprint density at radius 3 is 2.40 bits per heavy atom. The van der Waals surface area contributed by atoms with E-state index >= 15 is 0 Å². The van der Waals surface area contributed by atoms with Crippen LogP contribution in [0.1, 0.15) is 29.3 Å². The number of Topliss-reactive ketones (excluding diaryl/α,β-unsaturated/α-hetero) is 1. The third kappa shape index (κ3) is 3.38. The van der Waals surface area contributed by atoms with Crippen molar-refractivity contribution in [2.75, 3.05) is 7.11 Å². The van der Waals surface area contributed by atoms with Crippen molar-refractivity contribution in [1.82, 2.24) is 0 Å². The maximum absolute atomic E-state index is 11.8. The highest BCUT2D eigenvalue weighted by molar-refractivity contribution is 5.98. The average molecular weight is 270 g/mol. The van der Waals surface area contributed by atoms with Crippen LogP contribution in [0.25, 0.3) is 0 Å². The summed E-state index contributed by atoms with van der Waals surface area (Å²) >= 11 is 0. The molecule has 0 unspecified atom stereocenters. The van der Waals surface area contributed by atoms with Gasteiger partial charge in [0.2, 0.25) is 0 Å². The summed E-state index contributed by atoms with van der Waals surface area (Å²) < 4.78 is 10.9. The van der Waals surface area contributed by atoms with E-state index in [0.29, 0.717) is 24.3 Å². The molecule has 0 bridgehead atoms. The maximum atomic E-state index is 11.8. The number of ketones is 1. The molecule has 20 heavy (non-hydrogen) atoms. The summed E-state index contributed by atoms with van der Waals surface area (Å²) in [4.78, 5) is 11.8. The van der Waals surface area contributed by atoms with Crippen molar-refractivity contribution in [3.63, 3.8) is 0 Å². The van der Waals surface area contributed by atoms with E-state index in [1.54, 1.807) is 13.2 Å². The molecule has 3 nitrogen and oxygen atoms in total. The fourth-order valence-corrected chi connectivity index (χ4v) is 1.90. The van der Waals surface area contributed by atoms with Crippen molar-refractivity contribution in [2.24, 2.45) is 0 Å². The Labute approximate surface area is 119 Å². The number of methoxy groups -OCH3 is 1. The van der Waals surface area contributed by atoms with E-state index in [0.717, 1.165) is 11.3 Å². The Bertz CT molecular complexity index is 573. The normalized spacial score (nSPS) is 10.1. The van der Waals surface area contributed by atoms with Gasteiger partial charge in [-0.1, -0.05) is 31.2 Å². The molecule has 2 rings (SSSR count). The van der Waals surface area contributed by atoms with Gasteiger partial charge in [-0.3, -0.25) is 4.79 Å². The van der Waals surface area contributed by atoms with Gasteiger partial charge in [-0.2, -0.15) is 0 Å². The van der Waals surface area contributed by atoms with Gasteiger partial charge in [-0.25, -0.2) is 0 Å². The van der Waals surface area contributed by atoms with Crippen LogP contribution in [0.15, 0.2) is 48.5 Å². The summed E-state index contributed by atoms with van der Waals surface area (Å²) in [6.07, 6.45) is 0.475. The third-order valence-electron chi connectivity index (χ3n) is 3.06. The molecular formula is C17H18O3. The lowest BCUT2D eigenvalue weighted by atomic mass is 10.1. The highest BCUT2D eigenvalue weighted by Gasteiger charge is 2.09. The van der Waals surface area contributed by atoms with Crippen molar-refractivity contribution in [3.8, 4) is 11.5 Å². The van der Waals surface area contributed by atoms with Gasteiger partial charge in [0.1, 0.15) is 18.1 Å². The molecular weight excluding hydrogens is 252 g/mol. The first-order valence-corrected chi connectivity index (χ1v) is 6.62. The standard InChI is InChI=1S/C17H18O3/c1-3-16(18)15-6-4-5-7-17(15)20-12-13-8-10-14(19-2)11-9-13/h4-11H,3,12H2,1-2H3. The molecule has 0 saturated carbocycles. The lowest BCUT2D eigenvalue weighted by molar-refractivity contribution is 0.0983. The minimum Gasteiger partial charge on any atom is -0.497 e. The van der Waals surface area contributed by atoms with E-state index in [-0.39, 0.29) is 5.78 Å². The van der Waals surface area contributed by atoms with E-state index in [1.165, 1.54) is 0 Å². The molecule has 104 valence electrons. The van der Waals surface area contributed by atoms with Crippen LogP contribution in [0.4, 0.5) is 0 Å². The Morgan fingerprint density at radius 2 is 1.75 bits per heavy atom. The predicted octanol–water partition coefficient (Wildman–Crippen LogP) is 3.87. The summed E-state index contributed by atoms with van der Waals surface area (Å²) in [5.74, 6) is 1.54. The lowest BCUT2D eigenvalue weighted by Gasteiger charge is -2.10. The molecule has 0 aromatic heterocycles. The second-order valence-corrected chi connectivity index (χ2v) is 4.41. The molecule has 0 aliphatic rings. The molecule has 0 atom stereocenters. The highest BCUT2D eigenvalue weighted by atomic mass is 16.5. The molecule has 0 aliphatic carbocycles. The van der Waals surface area contributed by atoms with Crippen LogP contribution >= 0.6 is 0 Å². The van der Waals surface area contributed by atoms with E-state index in [4.69, 9.17) is 9.47 Å². The molecule has 0 radical (unpaired) electrons. The quantitative estimate of drug-likeness (QED) is 0.747. The molecule has 3 heteroatoms. The summed E-state index contributed by atoms with van der Waals surface area (Å²) in [5.41, 5.74) is 1.67. The van der Waals surface area contributed by atoms with Crippen LogP contribution in [0.3, 0.4) is 0 Å².